The summed E-state index contributed by atoms with van der Waals surface area (Å²) in [6, 6.07) is 7.23. The summed E-state index contributed by atoms with van der Waals surface area (Å²) >= 11 is 0. The first-order valence-corrected chi connectivity index (χ1v) is 5.74. The first-order valence-electron chi connectivity index (χ1n) is 5.74. The predicted octanol–water partition coefficient (Wildman–Crippen LogP) is 1.60. The van der Waals surface area contributed by atoms with E-state index in [-0.39, 0.29) is 12.2 Å². The summed E-state index contributed by atoms with van der Waals surface area (Å²) in [5, 5.41) is 0. The van der Waals surface area contributed by atoms with Gasteiger partial charge in [-0.05, 0) is 18.2 Å². The van der Waals surface area contributed by atoms with Crippen LogP contribution in [-0.4, -0.2) is 38.5 Å². The average molecular weight is 248 g/mol. The van der Waals surface area contributed by atoms with Gasteiger partial charge in [-0.25, -0.2) is 9.59 Å². The number of benzene rings is 1. The fourth-order valence-corrected chi connectivity index (χ4v) is 2.08. The van der Waals surface area contributed by atoms with Gasteiger partial charge in [0.1, 0.15) is 13.2 Å². The highest BCUT2D eigenvalue weighted by atomic mass is 16.6. The van der Waals surface area contributed by atoms with Gasteiger partial charge in [-0.3, -0.25) is 9.80 Å². The fraction of sp³-hybridized carbons (Fsp3) is 0.333. The molecule has 6 heteroatoms. The second-order valence-electron chi connectivity index (χ2n) is 4.05. The number of nitrogens with zero attached hydrogens (tertiary/aromatic N) is 2. The van der Waals surface area contributed by atoms with E-state index in [9.17, 15) is 9.59 Å². The van der Waals surface area contributed by atoms with Crippen molar-refractivity contribution in [2.24, 2.45) is 0 Å². The first-order chi connectivity index (χ1) is 8.75. The number of ether oxygens (including phenoxy) is 2. The molecule has 0 unspecified atom stereocenters. The van der Waals surface area contributed by atoms with Gasteiger partial charge in [0.25, 0.3) is 0 Å². The van der Waals surface area contributed by atoms with Crippen LogP contribution in [0.2, 0.25) is 0 Å². The van der Waals surface area contributed by atoms with E-state index in [1.54, 1.807) is 15.9 Å². The van der Waals surface area contributed by atoms with Gasteiger partial charge >= 0.3 is 12.2 Å². The Hall–Kier alpha value is -2.24. The molecule has 1 aromatic rings. The summed E-state index contributed by atoms with van der Waals surface area (Å²) in [5.41, 5.74) is 1.46. The number of hydrogen-bond acceptors (Lipinski definition) is 4. The lowest BCUT2D eigenvalue weighted by Gasteiger charge is -2.17. The van der Waals surface area contributed by atoms with E-state index in [2.05, 4.69) is 0 Å². The van der Waals surface area contributed by atoms with Crippen LogP contribution in [0.4, 0.5) is 21.0 Å². The van der Waals surface area contributed by atoms with Gasteiger partial charge in [0, 0.05) is 11.4 Å². The lowest BCUT2D eigenvalue weighted by atomic mass is 10.2. The van der Waals surface area contributed by atoms with E-state index in [0.717, 1.165) is 11.4 Å². The van der Waals surface area contributed by atoms with Gasteiger partial charge in [-0.15, -0.1) is 0 Å². The first kappa shape index (κ1) is 10.9. The Morgan fingerprint density at radius 2 is 1.39 bits per heavy atom. The summed E-state index contributed by atoms with van der Waals surface area (Å²) in [4.78, 5) is 26.0. The third-order valence-corrected chi connectivity index (χ3v) is 2.97. The molecule has 0 spiro atoms. The molecule has 1 aromatic carbocycles. The highest BCUT2D eigenvalue weighted by Gasteiger charge is 2.27. The molecule has 0 radical (unpaired) electrons. The number of hydrogen-bond donors (Lipinski definition) is 0. The van der Waals surface area contributed by atoms with Crippen LogP contribution in [0, 0.1) is 0 Å². The molecule has 0 saturated carbocycles. The molecule has 6 nitrogen and oxygen atoms in total. The second-order valence-corrected chi connectivity index (χ2v) is 4.05. The zero-order valence-corrected chi connectivity index (χ0v) is 9.67. The van der Waals surface area contributed by atoms with Gasteiger partial charge in [-0.1, -0.05) is 6.07 Å². The topological polar surface area (TPSA) is 59.1 Å². The Morgan fingerprint density at radius 1 is 0.889 bits per heavy atom. The number of carbonyl (C=O) groups is 2. The van der Waals surface area contributed by atoms with Gasteiger partial charge in [0.2, 0.25) is 0 Å². The zero-order valence-electron chi connectivity index (χ0n) is 9.67. The highest BCUT2D eigenvalue weighted by molar-refractivity contribution is 5.93. The third-order valence-electron chi connectivity index (χ3n) is 2.97. The van der Waals surface area contributed by atoms with Crippen molar-refractivity contribution >= 4 is 23.6 Å². The molecule has 2 fully saturated rings. The Bertz CT molecular complexity index is 461. The molecule has 3 rings (SSSR count). The van der Waals surface area contributed by atoms with E-state index in [1.807, 2.05) is 18.2 Å². The predicted molar refractivity (Wildman–Crippen MR) is 63.8 cm³/mol. The lowest BCUT2D eigenvalue weighted by Crippen LogP contribution is -2.25. The molecule has 2 heterocycles. The van der Waals surface area contributed by atoms with Crippen molar-refractivity contribution in [2.45, 2.75) is 0 Å². The van der Waals surface area contributed by atoms with Crippen LogP contribution in [0.5, 0.6) is 0 Å². The molecule has 2 aliphatic heterocycles. The number of amides is 2. The normalized spacial score (nSPS) is 19.1. The Balaban J connectivity index is 1.89. The second kappa shape index (κ2) is 4.21. The Labute approximate surface area is 104 Å². The average Bonchev–Trinajstić information content (AvgIpc) is 2.98. The summed E-state index contributed by atoms with van der Waals surface area (Å²) in [6.07, 6.45) is -0.702. The van der Waals surface area contributed by atoms with Crippen molar-refractivity contribution in [2.75, 3.05) is 36.1 Å². The molecule has 2 aliphatic rings. The summed E-state index contributed by atoms with van der Waals surface area (Å²) in [6.45, 7) is 1.86. The van der Waals surface area contributed by atoms with Crippen molar-refractivity contribution in [1.82, 2.24) is 0 Å². The monoisotopic (exact) mass is 248 g/mol. The maximum Gasteiger partial charge on any atom is 0.414 e. The number of carbonyl (C=O) groups excluding carboxylic acids is 2. The maximum absolute atomic E-state index is 11.5. The molecule has 18 heavy (non-hydrogen) atoms. The van der Waals surface area contributed by atoms with Gasteiger partial charge in [-0.2, -0.15) is 0 Å². The van der Waals surface area contributed by atoms with Gasteiger partial charge < -0.3 is 9.47 Å². The van der Waals surface area contributed by atoms with E-state index in [0.29, 0.717) is 26.3 Å². The standard InChI is InChI=1S/C12H12N2O4/c15-11-13(4-6-17-11)9-2-1-3-10(8-9)14-5-7-18-12(14)16/h1-3,8H,4-7H2. The third kappa shape index (κ3) is 1.75. The molecule has 0 N–H and O–H groups in total. The summed E-state index contributed by atoms with van der Waals surface area (Å²) in [7, 11) is 0. The largest absolute Gasteiger partial charge is 0.447 e. The minimum Gasteiger partial charge on any atom is -0.447 e. The molecule has 0 bridgehead atoms. The van der Waals surface area contributed by atoms with Crippen LogP contribution in [-0.2, 0) is 9.47 Å². The molecule has 2 saturated heterocycles. The van der Waals surface area contributed by atoms with E-state index in [4.69, 9.17) is 9.47 Å². The van der Waals surface area contributed by atoms with Crippen molar-refractivity contribution in [3.05, 3.63) is 24.3 Å². The number of rotatable bonds is 2. The minimum atomic E-state index is -0.351. The summed E-state index contributed by atoms with van der Waals surface area (Å²) in [5.74, 6) is 0. The van der Waals surface area contributed by atoms with Crippen molar-refractivity contribution in [3.63, 3.8) is 0 Å². The molecule has 0 atom stereocenters. The lowest BCUT2D eigenvalue weighted by molar-refractivity contribution is 0.180. The molecular weight excluding hydrogens is 236 g/mol. The van der Waals surface area contributed by atoms with Crippen LogP contribution < -0.4 is 9.80 Å². The van der Waals surface area contributed by atoms with E-state index in [1.165, 1.54) is 0 Å². The van der Waals surface area contributed by atoms with Gasteiger partial charge in [0.15, 0.2) is 0 Å². The Kier molecular flexibility index (Phi) is 2.55. The number of anilines is 2. The van der Waals surface area contributed by atoms with Crippen molar-refractivity contribution in [3.8, 4) is 0 Å². The SMILES string of the molecule is O=C1OCCN1c1cccc(N2CCOC2=O)c1. The molecular formula is C12H12N2O4. The zero-order chi connectivity index (χ0) is 12.5. The Morgan fingerprint density at radius 3 is 1.78 bits per heavy atom. The van der Waals surface area contributed by atoms with E-state index < -0.39 is 0 Å². The van der Waals surface area contributed by atoms with Crippen molar-refractivity contribution < 1.29 is 19.1 Å². The highest BCUT2D eigenvalue weighted by Crippen LogP contribution is 2.26. The summed E-state index contributed by atoms with van der Waals surface area (Å²) < 4.78 is 9.78. The molecule has 0 aromatic heterocycles. The van der Waals surface area contributed by atoms with Crippen molar-refractivity contribution in [1.29, 1.82) is 0 Å². The van der Waals surface area contributed by atoms with Crippen LogP contribution in [0.15, 0.2) is 24.3 Å². The number of cyclic esters (lactones) is 2. The fourth-order valence-electron chi connectivity index (χ4n) is 2.08. The molecule has 94 valence electrons. The minimum absolute atomic E-state index is 0.351. The molecule has 2 amide bonds. The quantitative estimate of drug-likeness (QED) is 0.797. The van der Waals surface area contributed by atoms with E-state index >= 15 is 0 Å². The van der Waals surface area contributed by atoms with Crippen LogP contribution in [0.25, 0.3) is 0 Å². The van der Waals surface area contributed by atoms with Crippen LogP contribution in [0.3, 0.4) is 0 Å². The van der Waals surface area contributed by atoms with Crippen LogP contribution in [0.1, 0.15) is 0 Å². The molecule has 0 aliphatic carbocycles. The van der Waals surface area contributed by atoms with Gasteiger partial charge in [0.05, 0.1) is 13.1 Å². The smallest absolute Gasteiger partial charge is 0.414 e. The maximum atomic E-state index is 11.5. The van der Waals surface area contributed by atoms with Crippen LogP contribution >= 0.6 is 0 Å².